The van der Waals surface area contributed by atoms with E-state index in [0.717, 1.165) is 11.4 Å². The van der Waals surface area contributed by atoms with Crippen molar-refractivity contribution in [1.82, 2.24) is 0 Å². The minimum atomic E-state index is -0.179. The van der Waals surface area contributed by atoms with Crippen molar-refractivity contribution in [3.05, 3.63) is 186 Å². The number of fused-ring (bicyclic) bond motifs is 12. The van der Waals surface area contributed by atoms with Crippen molar-refractivity contribution in [1.29, 1.82) is 0 Å². The first kappa shape index (κ1) is 30.4. The van der Waals surface area contributed by atoms with Crippen molar-refractivity contribution >= 4 is 60.2 Å². The predicted octanol–water partition coefficient (Wildman–Crippen LogP) is 14.4. The van der Waals surface area contributed by atoms with Gasteiger partial charge in [-0.25, -0.2) is 0 Å². The molecule has 0 radical (unpaired) electrons. The molecule has 0 aromatic heterocycles. The maximum absolute atomic E-state index is 2.50. The lowest BCUT2D eigenvalue weighted by Crippen LogP contribution is -2.17. The van der Waals surface area contributed by atoms with Crippen LogP contribution in [0.1, 0.15) is 49.9 Å². The highest BCUT2D eigenvalue weighted by Gasteiger charge is 2.39. The topological polar surface area (TPSA) is 3.24 Å². The SMILES string of the molecule is CC1(C)c2cc3ccccc3cc2-c2cc3ccc(N(c4ccccc4)c4cc5c(c6ccccc46)-c4ccc6ccccc6c4C5(C)C)cc3cc21. The van der Waals surface area contributed by atoms with Gasteiger partial charge in [-0.3, -0.25) is 0 Å². The Bertz CT molecular complexity index is 3000. The summed E-state index contributed by atoms with van der Waals surface area (Å²) in [5.74, 6) is 0. The van der Waals surface area contributed by atoms with Crippen molar-refractivity contribution < 1.29 is 0 Å². The van der Waals surface area contributed by atoms with Crippen LogP contribution in [-0.2, 0) is 10.8 Å². The van der Waals surface area contributed by atoms with E-state index in [1.807, 2.05) is 0 Å². The summed E-state index contributed by atoms with van der Waals surface area (Å²) in [7, 11) is 0. The third-order valence-corrected chi connectivity index (χ3v) is 12.5. The second kappa shape index (κ2) is 10.7. The summed E-state index contributed by atoms with van der Waals surface area (Å²) in [4.78, 5) is 2.49. The van der Waals surface area contributed by atoms with Gasteiger partial charge in [0, 0.05) is 27.6 Å². The van der Waals surface area contributed by atoms with E-state index in [-0.39, 0.29) is 10.8 Å². The molecular formula is C52H39N. The molecule has 0 atom stereocenters. The Morgan fingerprint density at radius 1 is 0.358 bits per heavy atom. The third-order valence-electron chi connectivity index (χ3n) is 12.5. The van der Waals surface area contributed by atoms with Crippen LogP contribution in [0.3, 0.4) is 0 Å². The largest absolute Gasteiger partial charge is 0.310 e. The van der Waals surface area contributed by atoms with E-state index in [1.165, 1.54) is 93.3 Å². The maximum atomic E-state index is 2.50. The summed E-state index contributed by atoms with van der Waals surface area (Å²) in [6, 6.07) is 61.5. The van der Waals surface area contributed by atoms with Gasteiger partial charge in [0.05, 0.1) is 5.69 Å². The van der Waals surface area contributed by atoms with E-state index < -0.39 is 0 Å². The fourth-order valence-electron chi connectivity index (χ4n) is 9.91. The van der Waals surface area contributed by atoms with Crippen molar-refractivity contribution in [3.8, 4) is 22.3 Å². The second-order valence-electron chi connectivity index (χ2n) is 16.2. The molecule has 0 N–H and O–H groups in total. The van der Waals surface area contributed by atoms with Crippen molar-refractivity contribution in [2.24, 2.45) is 0 Å². The molecule has 2 aliphatic rings. The fourth-order valence-corrected chi connectivity index (χ4v) is 9.91. The average molecular weight is 678 g/mol. The fraction of sp³-hybridized carbons (Fsp3) is 0.115. The van der Waals surface area contributed by atoms with Gasteiger partial charge in [0.1, 0.15) is 0 Å². The van der Waals surface area contributed by atoms with Crippen LogP contribution in [0, 0.1) is 0 Å². The van der Waals surface area contributed by atoms with Gasteiger partial charge in [-0.15, -0.1) is 0 Å². The van der Waals surface area contributed by atoms with Crippen LogP contribution in [-0.4, -0.2) is 0 Å². The minimum Gasteiger partial charge on any atom is -0.310 e. The molecule has 0 saturated carbocycles. The van der Waals surface area contributed by atoms with Gasteiger partial charge < -0.3 is 4.90 Å². The quantitative estimate of drug-likeness (QED) is 0.180. The van der Waals surface area contributed by atoms with Gasteiger partial charge in [-0.1, -0.05) is 137 Å². The lowest BCUT2D eigenvalue weighted by atomic mass is 9.79. The molecule has 0 aliphatic heterocycles. The first-order valence-electron chi connectivity index (χ1n) is 18.8. The summed E-state index contributed by atoms with van der Waals surface area (Å²) >= 11 is 0. The van der Waals surface area contributed by atoms with Gasteiger partial charge >= 0.3 is 0 Å². The molecule has 0 fully saturated rings. The molecule has 0 bridgehead atoms. The smallest absolute Gasteiger partial charge is 0.0543 e. The van der Waals surface area contributed by atoms with Gasteiger partial charge in [-0.05, 0) is 137 Å². The van der Waals surface area contributed by atoms with Crippen molar-refractivity contribution in [2.45, 2.75) is 38.5 Å². The Balaban J connectivity index is 1.14. The highest BCUT2D eigenvalue weighted by molar-refractivity contribution is 6.12. The Labute approximate surface area is 310 Å². The van der Waals surface area contributed by atoms with Crippen LogP contribution in [0.15, 0.2) is 164 Å². The highest BCUT2D eigenvalue weighted by atomic mass is 15.1. The Kier molecular flexibility index (Phi) is 6.14. The van der Waals surface area contributed by atoms with Crippen LogP contribution in [0.25, 0.3) is 65.3 Å². The number of para-hydroxylation sites is 1. The van der Waals surface area contributed by atoms with Crippen molar-refractivity contribution in [3.63, 3.8) is 0 Å². The molecule has 9 aromatic rings. The standard InChI is InChI=1S/C52H39N/c1-51(2)45-29-34-16-9-8-15-33(34)27-43(45)44-28-35-22-24-38(26-36(35)30-46(44)51)53(37-17-6-5-7-18-37)48-31-47-49(41-21-13-12-20-40(41)48)42-25-23-32-14-10-11-19-39(32)50(42)52(47,3)4/h5-31H,1-4H3. The maximum Gasteiger partial charge on any atom is 0.0543 e. The lowest BCUT2D eigenvalue weighted by molar-refractivity contribution is 0.662. The Morgan fingerprint density at radius 3 is 1.66 bits per heavy atom. The zero-order chi connectivity index (χ0) is 35.6. The molecule has 0 heterocycles. The summed E-state index contributed by atoms with van der Waals surface area (Å²) in [6.45, 7) is 9.60. The number of hydrogen-bond acceptors (Lipinski definition) is 1. The Morgan fingerprint density at radius 2 is 0.925 bits per heavy atom. The predicted molar refractivity (Wildman–Crippen MR) is 226 cm³/mol. The molecule has 0 spiro atoms. The zero-order valence-corrected chi connectivity index (χ0v) is 30.5. The van der Waals surface area contributed by atoms with E-state index in [4.69, 9.17) is 0 Å². The highest BCUT2D eigenvalue weighted by Crippen LogP contribution is 2.57. The van der Waals surface area contributed by atoms with Gasteiger partial charge in [0.2, 0.25) is 0 Å². The van der Waals surface area contributed by atoms with Gasteiger partial charge in [0.25, 0.3) is 0 Å². The molecule has 1 heteroatoms. The monoisotopic (exact) mass is 677 g/mol. The molecule has 0 amide bonds. The number of rotatable bonds is 3. The summed E-state index contributed by atoms with van der Waals surface area (Å²) in [6.07, 6.45) is 0. The van der Waals surface area contributed by atoms with E-state index in [1.54, 1.807) is 0 Å². The van der Waals surface area contributed by atoms with E-state index in [2.05, 4.69) is 196 Å². The molecule has 2 aliphatic carbocycles. The van der Waals surface area contributed by atoms with E-state index in [9.17, 15) is 0 Å². The average Bonchev–Trinajstić information content (AvgIpc) is 3.55. The zero-order valence-electron chi connectivity index (χ0n) is 30.5. The van der Waals surface area contributed by atoms with Crippen LogP contribution in [0.5, 0.6) is 0 Å². The normalized spacial score (nSPS) is 14.7. The van der Waals surface area contributed by atoms with E-state index >= 15 is 0 Å². The van der Waals surface area contributed by atoms with Crippen LogP contribution in [0.2, 0.25) is 0 Å². The molecule has 9 aromatic carbocycles. The first-order valence-corrected chi connectivity index (χ1v) is 18.8. The van der Waals surface area contributed by atoms with Crippen LogP contribution < -0.4 is 4.90 Å². The lowest BCUT2D eigenvalue weighted by Gasteiger charge is -2.30. The Hall–Kier alpha value is -6.18. The molecular weight excluding hydrogens is 639 g/mol. The first-order chi connectivity index (χ1) is 25.8. The number of anilines is 3. The summed E-state index contributed by atoms with van der Waals surface area (Å²) < 4.78 is 0. The van der Waals surface area contributed by atoms with E-state index in [0.29, 0.717) is 0 Å². The minimum absolute atomic E-state index is 0.0983. The van der Waals surface area contributed by atoms with Crippen LogP contribution >= 0.6 is 0 Å². The molecule has 53 heavy (non-hydrogen) atoms. The molecule has 11 rings (SSSR count). The third kappa shape index (κ3) is 4.20. The van der Waals surface area contributed by atoms with Gasteiger partial charge in [0.15, 0.2) is 0 Å². The molecule has 0 saturated heterocycles. The molecule has 252 valence electrons. The molecule has 1 nitrogen and oxygen atoms in total. The second-order valence-corrected chi connectivity index (χ2v) is 16.2. The summed E-state index contributed by atoms with van der Waals surface area (Å²) in [5, 5.41) is 10.3. The number of nitrogens with zero attached hydrogens (tertiary/aromatic N) is 1. The molecule has 0 unspecified atom stereocenters. The summed E-state index contributed by atoms with van der Waals surface area (Å²) in [5.41, 5.74) is 14.3. The number of benzene rings is 9. The van der Waals surface area contributed by atoms with Crippen molar-refractivity contribution in [2.75, 3.05) is 4.90 Å². The van der Waals surface area contributed by atoms with Gasteiger partial charge in [-0.2, -0.15) is 0 Å². The number of hydrogen-bond donors (Lipinski definition) is 0. The van der Waals surface area contributed by atoms with Crippen LogP contribution in [0.4, 0.5) is 17.1 Å².